The van der Waals surface area contributed by atoms with Crippen molar-refractivity contribution in [3.05, 3.63) is 98.7 Å². The number of hydrogen-bond acceptors (Lipinski definition) is 1. The highest BCUT2D eigenvalue weighted by Crippen LogP contribution is 2.37. The quantitative estimate of drug-likeness (QED) is 0.304. The van der Waals surface area contributed by atoms with E-state index in [4.69, 9.17) is 16.7 Å². The molecule has 0 radical (unpaired) electrons. The molecule has 1 aromatic heterocycles. The van der Waals surface area contributed by atoms with Crippen LogP contribution in [0.2, 0.25) is 5.02 Å². The van der Waals surface area contributed by atoms with Crippen molar-refractivity contribution in [1.82, 2.24) is 9.78 Å². The monoisotopic (exact) mass is 468 g/mol. The summed E-state index contributed by atoms with van der Waals surface area (Å²) >= 11 is 10.0. The van der Waals surface area contributed by atoms with Gasteiger partial charge in [0, 0.05) is 21.7 Å². The predicted molar refractivity (Wildman–Crippen MR) is 121 cm³/mol. The van der Waals surface area contributed by atoms with E-state index in [2.05, 4.69) is 59.3 Å². The van der Waals surface area contributed by atoms with Gasteiger partial charge in [-0.15, -0.1) is 0 Å². The molecule has 2 nitrogen and oxygen atoms in total. The van der Waals surface area contributed by atoms with Crippen LogP contribution >= 0.6 is 27.5 Å². The van der Waals surface area contributed by atoms with Gasteiger partial charge in [-0.05, 0) is 41.9 Å². The average molecular weight is 470 g/mol. The Morgan fingerprint density at radius 3 is 2.07 bits per heavy atom. The van der Waals surface area contributed by atoms with E-state index < -0.39 is 0 Å². The lowest BCUT2D eigenvalue weighted by Crippen LogP contribution is -2.06. The van der Waals surface area contributed by atoms with Crippen molar-refractivity contribution in [3.8, 4) is 22.5 Å². The van der Waals surface area contributed by atoms with Crippen molar-refractivity contribution in [2.75, 3.05) is 0 Å². The van der Waals surface area contributed by atoms with Gasteiger partial charge < -0.3 is 0 Å². The van der Waals surface area contributed by atoms with Gasteiger partial charge in [0.05, 0.1) is 16.7 Å². The van der Waals surface area contributed by atoms with Crippen molar-refractivity contribution in [2.24, 2.45) is 0 Å². The van der Waals surface area contributed by atoms with E-state index in [0.29, 0.717) is 10.6 Å². The van der Waals surface area contributed by atoms with E-state index in [9.17, 15) is 4.39 Å². The fourth-order valence-corrected chi connectivity index (χ4v) is 4.24. The standard InChI is InChI=1S/C24H19BrClFN2/c1-15-6-10-17(11-7-15)23-22(25)24(18-12-8-16(2)9-13-18)29(28-23)14-19-20(26)4-3-5-21(19)27/h3-13H,14H2,1-2H3. The van der Waals surface area contributed by atoms with Gasteiger partial charge in [0.1, 0.15) is 11.5 Å². The van der Waals surface area contributed by atoms with Crippen LogP contribution in [0.5, 0.6) is 0 Å². The lowest BCUT2D eigenvalue weighted by molar-refractivity contribution is 0.587. The molecule has 3 aromatic carbocycles. The molecular formula is C24H19BrClFN2. The summed E-state index contributed by atoms with van der Waals surface area (Å²) in [5, 5.41) is 5.22. The summed E-state index contributed by atoms with van der Waals surface area (Å²) in [4.78, 5) is 0. The Bertz CT molecular complexity index is 1140. The Kier molecular flexibility index (Phi) is 5.57. The van der Waals surface area contributed by atoms with Crippen molar-refractivity contribution in [3.63, 3.8) is 0 Å². The summed E-state index contributed by atoms with van der Waals surface area (Å²) in [5.74, 6) is -0.337. The van der Waals surface area contributed by atoms with Crippen LogP contribution in [0.1, 0.15) is 16.7 Å². The molecule has 0 saturated heterocycles. The molecule has 0 N–H and O–H groups in total. The third kappa shape index (κ3) is 4.00. The third-order valence-corrected chi connectivity index (χ3v) is 6.02. The molecule has 29 heavy (non-hydrogen) atoms. The van der Waals surface area contributed by atoms with Crippen LogP contribution in [0.4, 0.5) is 4.39 Å². The van der Waals surface area contributed by atoms with Crippen molar-refractivity contribution in [1.29, 1.82) is 0 Å². The molecule has 0 saturated carbocycles. The van der Waals surface area contributed by atoms with Crippen LogP contribution in [0.15, 0.2) is 71.2 Å². The maximum atomic E-state index is 14.5. The van der Waals surface area contributed by atoms with E-state index in [-0.39, 0.29) is 12.4 Å². The topological polar surface area (TPSA) is 17.8 Å². The highest BCUT2D eigenvalue weighted by Gasteiger charge is 2.20. The first-order valence-corrected chi connectivity index (χ1v) is 10.4. The van der Waals surface area contributed by atoms with Gasteiger partial charge in [-0.3, -0.25) is 4.68 Å². The smallest absolute Gasteiger partial charge is 0.129 e. The molecular weight excluding hydrogens is 451 g/mol. The molecule has 0 aliphatic rings. The van der Waals surface area contributed by atoms with Crippen LogP contribution in [-0.4, -0.2) is 9.78 Å². The zero-order valence-electron chi connectivity index (χ0n) is 16.1. The molecule has 5 heteroatoms. The Morgan fingerprint density at radius 1 is 0.897 bits per heavy atom. The first-order valence-electron chi connectivity index (χ1n) is 9.27. The van der Waals surface area contributed by atoms with E-state index in [1.807, 2.05) is 23.7 Å². The van der Waals surface area contributed by atoms with Crippen LogP contribution < -0.4 is 0 Å². The van der Waals surface area contributed by atoms with Gasteiger partial charge in [0.25, 0.3) is 0 Å². The van der Waals surface area contributed by atoms with Crippen molar-refractivity contribution in [2.45, 2.75) is 20.4 Å². The van der Waals surface area contributed by atoms with Gasteiger partial charge in [0.2, 0.25) is 0 Å². The number of nitrogens with zero attached hydrogens (tertiary/aromatic N) is 2. The minimum absolute atomic E-state index is 0.235. The third-order valence-electron chi connectivity index (χ3n) is 4.91. The summed E-state index contributed by atoms with van der Waals surface area (Å²) in [6.07, 6.45) is 0. The molecule has 0 spiro atoms. The fraction of sp³-hybridized carbons (Fsp3) is 0.125. The largest absolute Gasteiger partial charge is 0.258 e. The van der Waals surface area contributed by atoms with Crippen LogP contribution in [0.25, 0.3) is 22.5 Å². The molecule has 0 aliphatic heterocycles. The molecule has 4 rings (SSSR count). The molecule has 0 atom stereocenters. The van der Waals surface area contributed by atoms with Crippen molar-refractivity contribution < 1.29 is 4.39 Å². The second-order valence-electron chi connectivity index (χ2n) is 7.10. The predicted octanol–water partition coefficient (Wildman–Crippen LogP) is 7.44. The van der Waals surface area contributed by atoms with E-state index in [0.717, 1.165) is 27.0 Å². The average Bonchev–Trinajstić information content (AvgIpc) is 3.02. The van der Waals surface area contributed by atoms with Gasteiger partial charge in [0.15, 0.2) is 0 Å². The Balaban J connectivity index is 1.89. The van der Waals surface area contributed by atoms with Crippen LogP contribution in [-0.2, 0) is 6.54 Å². The van der Waals surface area contributed by atoms with E-state index in [1.165, 1.54) is 17.2 Å². The van der Waals surface area contributed by atoms with Crippen LogP contribution in [0, 0.1) is 19.7 Å². The number of halogens is 3. The minimum atomic E-state index is -0.337. The number of benzene rings is 3. The number of aryl methyl sites for hydroxylation is 2. The van der Waals surface area contributed by atoms with Gasteiger partial charge in [-0.2, -0.15) is 5.10 Å². The summed E-state index contributed by atoms with van der Waals surface area (Å²) in [5.41, 5.74) is 6.48. The van der Waals surface area contributed by atoms with Gasteiger partial charge >= 0.3 is 0 Å². The molecule has 0 aliphatic carbocycles. The van der Waals surface area contributed by atoms with Crippen LogP contribution in [0.3, 0.4) is 0 Å². The van der Waals surface area contributed by atoms with Gasteiger partial charge in [-0.25, -0.2) is 4.39 Å². The molecule has 146 valence electrons. The van der Waals surface area contributed by atoms with Gasteiger partial charge in [-0.1, -0.05) is 77.3 Å². The second kappa shape index (κ2) is 8.13. The first kappa shape index (κ1) is 19.9. The molecule has 0 amide bonds. The zero-order chi connectivity index (χ0) is 20.5. The van der Waals surface area contributed by atoms with E-state index >= 15 is 0 Å². The number of aromatic nitrogens is 2. The lowest BCUT2D eigenvalue weighted by atomic mass is 10.1. The molecule has 0 bridgehead atoms. The zero-order valence-corrected chi connectivity index (χ0v) is 18.4. The normalized spacial score (nSPS) is 11.1. The number of hydrogen-bond donors (Lipinski definition) is 0. The maximum Gasteiger partial charge on any atom is 0.129 e. The Morgan fingerprint density at radius 2 is 1.48 bits per heavy atom. The highest BCUT2D eigenvalue weighted by atomic mass is 79.9. The summed E-state index contributed by atoms with van der Waals surface area (Å²) < 4.78 is 17.1. The lowest BCUT2D eigenvalue weighted by Gasteiger charge is -2.11. The molecule has 4 aromatic rings. The Labute approximate surface area is 183 Å². The molecule has 0 fully saturated rings. The van der Waals surface area contributed by atoms with Crippen molar-refractivity contribution >= 4 is 27.5 Å². The highest BCUT2D eigenvalue weighted by molar-refractivity contribution is 9.10. The van der Waals surface area contributed by atoms with E-state index in [1.54, 1.807) is 12.1 Å². The summed E-state index contributed by atoms with van der Waals surface area (Å²) in [7, 11) is 0. The molecule has 0 unspecified atom stereocenters. The second-order valence-corrected chi connectivity index (χ2v) is 8.30. The SMILES string of the molecule is Cc1ccc(-c2nn(Cc3c(F)cccc3Cl)c(-c3ccc(C)cc3)c2Br)cc1. The Hall–Kier alpha value is -2.43. The summed E-state index contributed by atoms with van der Waals surface area (Å²) in [6, 6.07) is 21.1. The number of rotatable bonds is 4. The minimum Gasteiger partial charge on any atom is -0.258 e. The molecule has 1 heterocycles. The first-order chi connectivity index (χ1) is 13.9. The fourth-order valence-electron chi connectivity index (χ4n) is 3.27. The maximum absolute atomic E-state index is 14.5. The summed E-state index contributed by atoms with van der Waals surface area (Å²) in [6.45, 7) is 4.33.